The van der Waals surface area contributed by atoms with Gasteiger partial charge in [-0.1, -0.05) is 0 Å². The summed E-state index contributed by atoms with van der Waals surface area (Å²) in [5.41, 5.74) is 0. The summed E-state index contributed by atoms with van der Waals surface area (Å²) in [6.07, 6.45) is 0. The van der Waals surface area contributed by atoms with E-state index in [-0.39, 0.29) is 23.2 Å². The molecule has 5 nitrogen and oxygen atoms in total. The summed E-state index contributed by atoms with van der Waals surface area (Å²) in [7, 11) is 0. The van der Waals surface area contributed by atoms with E-state index in [0.717, 1.165) is 0 Å². The molecule has 4 N–H and O–H groups in total. The Kier molecular flexibility index (Phi) is 10.9. The van der Waals surface area contributed by atoms with Crippen LogP contribution in [-0.2, 0) is 20.8 Å². The van der Waals surface area contributed by atoms with Gasteiger partial charge in [-0.25, -0.2) is 0 Å². The Bertz CT molecular complexity index is 57.8. The minimum atomic E-state index is -5.88. The maximum atomic E-state index is 8.61. The largest absolute Gasteiger partial charge is 2.00 e. The molecular formula is H4AsCuNO4. The van der Waals surface area contributed by atoms with Crippen LogP contribution in [0.5, 0.6) is 0 Å². The van der Waals surface area contributed by atoms with E-state index < -0.39 is 14.5 Å². The molecule has 0 aliphatic carbocycles. The number of hydrogen-bond donors (Lipinski definition) is 1. The van der Waals surface area contributed by atoms with Crippen molar-refractivity contribution in [3.05, 3.63) is 0 Å². The summed E-state index contributed by atoms with van der Waals surface area (Å²) in [4.78, 5) is 0. The topological polar surface area (TPSA) is 123 Å². The molecule has 0 heterocycles. The van der Waals surface area contributed by atoms with E-state index in [1.807, 2.05) is 0 Å². The Morgan fingerprint density at radius 3 is 1.14 bits per heavy atom. The molecule has 0 aliphatic rings. The van der Waals surface area contributed by atoms with Crippen molar-refractivity contribution in [2.75, 3.05) is 0 Å². The molecule has 0 saturated carbocycles. The van der Waals surface area contributed by atoms with Gasteiger partial charge in [0.15, 0.2) is 0 Å². The van der Waals surface area contributed by atoms with Crippen molar-refractivity contribution in [3.8, 4) is 0 Å². The molecule has 0 aromatic heterocycles. The fourth-order valence-electron chi connectivity index (χ4n) is 0. The van der Waals surface area contributed by atoms with Gasteiger partial charge in [0.1, 0.15) is 0 Å². The van der Waals surface area contributed by atoms with Crippen LogP contribution < -0.4 is 18.4 Å². The standard InChI is InChI=1S/AsH3O4.Cu.H3N/c2-1(3,4)5;;/h(H3,2,3,4,5);;1H3/q;+2;/p-2. The third-order valence-electron chi connectivity index (χ3n) is 0. The minimum absolute atomic E-state index is 0. The van der Waals surface area contributed by atoms with Gasteiger partial charge < -0.3 is 6.15 Å². The van der Waals surface area contributed by atoms with Crippen LogP contribution in [-0.4, -0.2) is 14.5 Å². The maximum absolute atomic E-state index is 8.61. The number of rotatable bonds is 0. The normalized spacial score (nSPS) is 8.43. The first-order chi connectivity index (χ1) is 2.00. The Morgan fingerprint density at radius 1 is 1.14 bits per heavy atom. The molecule has 0 aromatic carbocycles. The SMILES string of the molecule is O=[As]([O-])([O-])[O-].[Cu+2].[NH4+]. The Balaban J connectivity index is -0.0000000800. The van der Waals surface area contributed by atoms with Gasteiger partial charge in [0, 0.05) is 0 Å². The van der Waals surface area contributed by atoms with Gasteiger partial charge in [0.25, 0.3) is 0 Å². The van der Waals surface area contributed by atoms with Crippen LogP contribution in [0.25, 0.3) is 0 Å². The van der Waals surface area contributed by atoms with E-state index in [4.69, 9.17) is 16.0 Å². The first-order valence-corrected chi connectivity index (χ1v) is 3.79. The van der Waals surface area contributed by atoms with E-state index in [0.29, 0.717) is 0 Å². The molecule has 0 bridgehead atoms. The first kappa shape index (κ1) is 15.6. The zero-order valence-corrected chi connectivity index (χ0v) is 6.20. The molecule has 49 valence electrons. The number of quaternary nitrogens is 1. The van der Waals surface area contributed by atoms with Crippen molar-refractivity contribution < 1.29 is 33.1 Å². The van der Waals surface area contributed by atoms with Crippen LogP contribution in [0.1, 0.15) is 0 Å². The zero-order valence-electron chi connectivity index (χ0n) is 3.38. The summed E-state index contributed by atoms with van der Waals surface area (Å²) < 4.78 is 34.4. The molecular weight excluding hydrogens is 216 g/mol. The molecule has 0 aliphatic heterocycles. The Labute approximate surface area is 54.1 Å². The van der Waals surface area contributed by atoms with Gasteiger partial charge in [0.2, 0.25) is 0 Å². The van der Waals surface area contributed by atoms with E-state index >= 15 is 0 Å². The van der Waals surface area contributed by atoms with Gasteiger partial charge in [0.05, 0.1) is 0 Å². The van der Waals surface area contributed by atoms with E-state index in [1.165, 1.54) is 0 Å². The van der Waals surface area contributed by atoms with Crippen molar-refractivity contribution in [3.63, 3.8) is 0 Å². The average Bonchev–Trinajstić information content (AvgIpc) is 0.722. The summed E-state index contributed by atoms with van der Waals surface area (Å²) in [5.74, 6) is 0. The van der Waals surface area contributed by atoms with Gasteiger partial charge in [-0.15, -0.1) is 0 Å². The molecule has 0 atom stereocenters. The Morgan fingerprint density at radius 2 is 1.14 bits per heavy atom. The van der Waals surface area contributed by atoms with Crippen LogP contribution in [0.4, 0.5) is 0 Å². The van der Waals surface area contributed by atoms with Crippen LogP contribution >= 0.6 is 0 Å². The molecule has 0 unspecified atom stereocenters. The van der Waals surface area contributed by atoms with Gasteiger partial charge in [-0.2, -0.15) is 0 Å². The van der Waals surface area contributed by atoms with Crippen LogP contribution in [0.3, 0.4) is 0 Å². The quantitative estimate of drug-likeness (QED) is 0.422. The van der Waals surface area contributed by atoms with Gasteiger partial charge in [-0.3, -0.25) is 0 Å². The van der Waals surface area contributed by atoms with Crippen molar-refractivity contribution >= 4 is 14.5 Å². The number of hydrogen-bond acceptors (Lipinski definition) is 4. The van der Waals surface area contributed by atoms with E-state index in [2.05, 4.69) is 0 Å². The fraction of sp³-hybridized carbons (Fsp3) is 0. The average molecular weight is 221 g/mol. The van der Waals surface area contributed by atoms with Crippen LogP contribution in [0, 0.1) is 0 Å². The molecule has 7 heteroatoms. The van der Waals surface area contributed by atoms with E-state index in [1.54, 1.807) is 0 Å². The first-order valence-electron chi connectivity index (χ1n) is 0.730. The van der Waals surface area contributed by atoms with Crippen molar-refractivity contribution in [1.29, 1.82) is 0 Å². The van der Waals surface area contributed by atoms with Crippen molar-refractivity contribution in [2.24, 2.45) is 0 Å². The summed E-state index contributed by atoms with van der Waals surface area (Å²) in [5, 5.41) is 0. The molecule has 7 heavy (non-hydrogen) atoms. The predicted molar refractivity (Wildman–Crippen MR) is 12.4 cm³/mol. The van der Waals surface area contributed by atoms with Gasteiger partial charge in [-0.05, 0) is 0 Å². The minimum Gasteiger partial charge on any atom is -0.369 e. The second kappa shape index (κ2) is 4.87. The molecule has 0 amide bonds. The maximum Gasteiger partial charge on any atom is 2.00 e. The predicted octanol–water partition coefficient (Wildman–Crippen LogP) is -3.69. The molecule has 0 fully saturated rings. The smallest absolute Gasteiger partial charge is 0.369 e. The molecule has 0 aromatic rings. The van der Waals surface area contributed by atoms with Crippen LogP contribution in [0.15, 0.2) is 0 Å². The van der Waals surface area contributed by atoms with Gasteiger partial charge >= 0.3 is 47.6 Å². The van der Waals surface area contributed by atoms with Crippen molar-refractivity contribution in [2.45, 2.75) is 0 Å². The van der Waals surface area contributed by atoms with Crippen molar-refractivity contribution in [1.82, 2.24) is 6.15 Å². The zero-order chi connectivity index (χ0) is 4.50. The third kappa shape index (κ3) is 290. The summed E-state index contributed by atoms with van der Waals surface area (Å²) in [6, 6.07) is 0. The molecule has 0 spiro atoms. The summed E-state index contributed by atoms with van der Waals surface area (Å²) in [6.45, 7) is 0. The molecule has 0 rings (SSSR count). The monoisotopic (exact) mass is 220 g/mol. The Hall–Kier alpha value is 0.718. The second-order valence-electron chi connectivity index (χ2n) is 0.447. The van der Waals surface area contributed by atoms with Crippen LogP contribution in [0.2, 0.25) is 0 Å². The van der Waals surface area contributed by atoms with E-state index in [9.17, 15) is 0 Å². The fourth-order valence-corrected chi connectivity index (χ4v) is 0. The second-order valence-corrected chi connectivity index (χ2v) is 2.32. The molecule has 0 saturated heterocycles. The summed E-state index contributed by atoms with van der Waals surface area (Å²) >= 11 is -5.88. The third-order valence-corrected chi connectivity index (χ3v) is 0. The molecule has 1 radical (unpaired) electrons.